The monoisotopic (exact) mass is 390 g/mol. The molecule has 0 bridgehead atoms. The molecule has 0 aliphatic rings. The highest BCUT2D eigenvalue weighted by Gasteiger charge is 2.09. The Kier molecular flexibility index (Phi) is 21.0. The van der Waals surface area contributed by atoms with Crippen LogP contribution in [0.1, 0.15) is 111 Å². The summed E-state index contributed by atoms with van der Waals surface area (Å²) in [4.78, 5) is 11.8. The second kappa shape index (κ2) is 22.0. The van der Waals surface area contributed by atoms with E-state index >= 15 is 0 Å². The number of esters is 1. The average Bonchev–Trinajstić information content (AvgIpc) is 2.71. The molecule has 0 aromatic rings. The van der Waals surface area contributed by atoms with Crippen LogP contribution < -0.4 is 0 Å². The van der Waals surface area contributed by atoms with Crippen molar-refractivity contribution in [3.63, 3.8) is 0 Å². The van der Waals surface area contributed by atoms with Gasteiger partial charge in [-0.05, 0) is 38.0 Å². The lowest BCUT2D eigenvalue weighted by Crippen LogP contribution is -2.13. The fraction of sp³-hybridized carbons (Fsp3) is 0.731. The molecule has 0 aromatic carbocycles. The molecule has 0 rings (SSSR count). The lowest BCUT2D eigenvalue weighted by molar-refractivity contribution is -0.145. The van der Waals surface area contributed by atoms with Gasteiger partial charge >= 0.3 is 5.97 Å². The number of unbranched alkanes of at least 4 members (excludes halogenated alkanes) is 8. The molecule has 162 valence electrons. The van der Waals surface area contributed by atoms with E-state index in [9.17, 15) is 4.79 Å². The predicted molar refractivity (Wildman–Crippen MR) is 124 cm³/mol. The first-order valence-corrected chi connectivity index (χ1v) is 11.9. The highest BCUT2D eigenvalue weighted by atomic mass is 16.5. The molecule has 1 unspecified atom stereocenters. The summed E-state index contributed by atoms with van der Waals surface area (Å²) in [6.45, 7) is 7.23. The van der Waals surface area contributed by atoms with E-state index < -0.39 is 0 Å². The van der Waals surface area contributed by atoms with Gasteiger partial charge in [0, 0.05) is 6.42 Å². The minimum absolute atomic E-state index is 0.00610. The largest absolute Gasteiger partial charge is 0.465 e. The molecular weight excluding hydrogens is 344 g/mol. The Morgan fingerprint density at radius 3 is 2.00 bits per heavy atom. The van der Waals surface area contributed by atoms with Crippen LogP contribution >= 0.6 is 0 Å². The minimum atomic E-state index is -0.00610. The molecule has 2 heteroatoms. The van der Waals surface area contributed by atoms with E-state index in [0.717, 1.165) is 25.7 Å². The number of hydrogen-bond acceptors (Lipinski definition) is 2. The van der Waals surface area contributed by atoms with Crippen LogP contribution in [0, 0.1) is 5.92 Å². The third-order valence-electron chi connectivity index (χ3n) is 5.10. The van der Waals surface area contributed by atoms with Gasteiger partial charge in [0.25, 0.3) is 0 Å². The van der Waals surface area contributed by atoms with Crippen molar-refractivity contribution in [2.45, 2.75) is 111 Å². The summed E-state index contributed by atoms with van der Waals surface area (Å²) >= 11 is 0. The normalized spacial score (nSPS) is 13.1. The first-order valence-electron chi connectivity index (χ1n) is 11.9. The van der Waals surface area contributed by atoms with E-state index in [1.54, 1.807) is 0 Å². The van der Waals surface area contributed by atoms with E-state index in [2.05, 4.69) is 57.2 Å². The second-order valence-electron chi connectivity index (χ2n) is 7.79. The van der Waals surface area contributed by atoms with Crippen LogP contribution in [0.25, 0.3) is 0 Å². The quantitative estimate of drug-likeness (QED) is 0.126. The van der Waals surface area contributed by atoms with E-state index in [1.807, 2.05) is 0 Å². The Balaban J connectivity index is 3.48. The van der Waals surface area contributed by atoms with Gasteiger partial charge in [-0.25, -0.2) is 0 Å². The number of ether oxygens (including phenoxy) is 1. The Morgan fingerprint density at radius 2 is 1.36 bits per heavy atom. The van der Waals surface area contributed by atoms with Crippen LogP contribution in [-0.2, 0) is 9.53 Å². The van der Waals surface area contributed by atoms with Crippen LogP contribution in [0.15, 0.2) is 36.5 Å². The molecule has 0 saturated carbocycles. The molecule has 0 aliphatic heterocycles. The Morgan fingerprint density at radius 1 is 0.750 bits per heavy atom. The van der Waals surface area contributed by atoms with Crippen molar-refractivity contribution in [1.82, 2.24) is 0 Å². The molecule has 0 fully saturated rings. The van der Waals surface area contributed by atoms with Crippen LogP contribution in [0.5, 0.6) is 0 Å². The summed E-state index contributed by atoms with van der Waals surface area (Å²) < 4.78 is 5.45. The van der Waals surface area contributed by atoms with Gasteiger partial charge in [0.05, 0.1) is 6.61 Å². The first kappa shape index (κ1) is 26.7. The van der Waals surface area contributed by atoms with Crippen molar-refractivity contribution in [1.29, 1.82) is 0 Å². The van der Waals surface area contributed by atoms with Crippen molar-refractivity contribution in [3.05, 3.63) is 36.5 Å². The molecule has 0 spiro atoms. The molecule has 0 amide bonds. The van der Waals surface area contributed by atoms with Crippen LogP contribution in [0.4, 0.5) is 0 Å². The SMILES string of the molecule is CCCCC=CC=CC=CCCCCCCCC(=O)OCC(CC)CCCC. The zero-order valence-electron chi connectivity index (χ0n) is 19.0. The van der Waals surface area contributed by atoms with Crippen LogP contribution in [0.2, 0.25) is 0 Å². The van der Waals surface area contributed by atoms with Gasteiger partial charge in [0.2, 0.25) is 0 Å². The molecule has 0 aliphatic carbocycles. The van der Waals surface area contributed by atoms with Crippen LogP contribution in [-0.4, -0.2) is 12.6 Å². The van der Waals surface area contributed by atoms with E-state index in [-0.39, 0.29) is 5.97 Å². The summed E-state index contributed by atoms with van der Waals surface area (Å²) in [6, 6.07) is 0. The van der Waals surface area contributed by atoms with Gasteiger partial charge in [-0.3, -0.25) is 4.79 Å². The summed E-state index contributed by atoms with van der Waals surface area (Å²) in [7, 11) is 0. The second-order valence-corrected chi connectivity index (χ2v) is 7.79. The van der Waals surface area contributed by atoms with Gasteiger partial charge in [0.15, 0.2) is 0 Å². The first-order chi connectivity index (χ1) is 13.7. The number of allylic oxidation sites excluding steroid dienone is 6. The fourth-order valence-corrected chi connectivity index (χ4v) is 3.04. The Bertz CT molecular complexity index is 420. The van der Waals surface area contributed by atoms with E-state index in [0.29, 0.717) is 18.9 Å². The lowest BCUT2D eigenvalue weighted by atomic mass is 10.0. The van der Waals surface area contributed by atoms with Gasteiger partial charge in [0.1, 0.15) is 0 Å². The zero-order chi connectivity index (χ0) is 20.7. The van der Waals surface area contributed by atoms with E-state index in [1.165, 1.54) is 57.8 Å². The van der Waals surface area contributed by atoms with Gasteiger partial charge in [-0.15, -0.1) is 0 Å². The van der Waals surface area contributed by atoms with Crippen molar-refractivity contribution in [2.75, 3.05) is 6.61 Å². The predicted octanol–water partition coefficient (Wildman–Crippen LogP) is 8.34. The Hall–Kier alpha value is -1.31. The molecule has 1 atom stereocenters. The topological polar surface area (TPSA) is 26.3 Å². The molecule has 2 nitrogen and oxygen atoms in total. The zero-order valence-corrected chi connectivity index (χ0v) is 19.0. The standard InChI is InChI=1S/C26H46O2/c1-4-7-9-10-11-12-13-14-15-16-17-18-19-20-21-23-26(27)28-24-25(6-3)22-8-5-2/h10-15,25H,4-9,16-24H2,1-3H3. The average molecular weight is 391 g/mol. The van der Waals surface area contributed by atoms with Crippen molar-refractivity contribution >= 4 is 5.97 Å². The molecule has 0 aromatic heterocycles. The third kappa shape index (κ3) is 19.5. The highest BCUT2D eigenvalue weighted by Crippen LogP contribution is 2.14. The van der Waals surface area contributed by atoms with Crippen molar-refractivity contribution in [3.8, 4) is 0 Å². The maximum atomic E-state index is 11.8. The Labute approximate surface area is 175 Å². The van der Waals surface area contributed by atoms with Gasteiger partial charge in [-0.1, -0.05) is 109 Å². The summed E-state index contributed by atoms with van der Waals surface area (Å²) in [5, 5.41) is 0. The number of rotatable bonds is 19. The molecule has 0 saturated heterocycles. The maximum Gasteiger partial charge on any atom is 0.305 e. The summed E-state index contributed by atoms with van der Waals surface area (Å²) in [6.07, 6.45) is 28.9. The molecule has 28 heavy (non-hydrogen) atoms. The smallest absolute Gasteiger partial charge is 0.305 e. The molecule has 0 N–H and O–H groups in total. The molecular formula is C26H46O2. The maximum absolute atomic E-state index is 11.8. The highest BCUT2D eigenvalue weighted by molar-refractivity contribution is 5.69. The van der Waals surface area contributed by atoms with Gasteiger partial charge < -0.3 is 4.74 Å². The lowest BCUT2D eigenvalue weighted by Gasteiger charge is -2.14. The third-order valence-corrected chi connectivity index (χ3v) is 5.10. The molecule has 0 radical (unpaired) electrons. The number of carbonyl (C=O) groups excluding carboxylic acids is 1. The number of carbonyl (C=O) groups is 1. The fourth-order valence-electron chi connectivity index (χ4n) is 3.04. The molecule has 0 heterocycles. The van der Waals surface area contributed by atoms with Crippen LogP contribution in [0.3, 0.4) is 0 Å². The summed E-state index contributed by atoms with van der Waals surface area (Å²) in [5.74, 6) is 0.539. The van der Waals surface area contributed by atoms with Crippen molar-refractivity contribution in [2.24, 2.45) is 5.92 Å². The summed E-state index contributed by atoms with van der Waals surface area (Å²) in [5.41, 5.74) is 0. The van der Waals surface area contributed by atoms with Crippen molar-refractivity contribution < 1.29 is 9.53 Å². The van der Waals surface area contributed by atoms with E-state index in [4.69, 9.17) is 4.74 Å². The minimum Gasteiger partial charge on any atom is -0.465 e. The van der Waals surface area contributed by atoms with Gasteiger partial charge in [-0.2, -0.15) is 0 Å². The number of hydrogen-bond donors (Lipinski definition) is 0.